The fraction of sp³-hybridized carbons (Fsp3) is 0.375. The van der Waals surface area contributed by atoms with Crippen molar-refractivity contribution in [1.82, 2.24) is 9.88 Å². The number of nitrogens with one attached hydrogen (secondary N) is 1. The number of benzene rings is 1. The van der Waals surface area contributed by atoms with Crippen molar-refractivity contribution in [2.24, 2.45) is 0 Å². The van der Waals surface area contributed by atoms with Crippen LogP contribution in [0.15, 0.2) is 36.7 Å². The van der Waals surface area contributed by atoms with Gasteiger partial charge in [0.05, 0.1) is 0 Å². The summed E-state index contributed by atoms with van der Waals surface area (Å²) in [5.74, 6) is -0.784. The van der Waals surface area contributed by atoms with Gasteiger partial charge in [0, 0.05) is 30.5 Å². The first-order valence-corrected chi connectivity index (χ1v) is 6.91. The second-order valence-electron chi connectivity index (χ2n) is 4.98. The summed E-state index contributed by atoms with van der Waals surface area (Å²) in [6, 6.07) is 5.88. The maximum Gasteiger partial charge on any atom is 0.128 e. The highest BCUT2D eigenvalue weighted by Gasteiger charge is 2.10. The minimum Gasteiger partial charge on any atom is -0.349 e. The van der Waals surface area contributed by atoms with Crippen molar-refractivity contribution in [2.75, 3.05) is 7.05 Å². The Kier molecular flexibility index (Phi) is 4.90. The molecule has 0 amide bonds. The molecule has 1 aromatic carbocycles. The summed E-state index contributed by atoms with van der Waals surface area (Å²) in [5, 5.41) is 3.27. The van der Waals surface area contributed by atoms with Crippen LogP contribution in [-0.4, -0.2) is 11.6 Å². The Morgan fingerprint density at radius 2 is 2.05 bits per heavy atom. The molecule has 0 saturated carbocycles. The van der Waals surface area contributed by atoms with E-state index >= 15 is 0 Å². The zero-order valence-electron chi connectivity index (χ0n) is 11.9. The monoisotopic (exact) mass is 278 g/mol. The largest absolute Gasteiger partial charge is 0.349 e. The van der Waals surface area contributed by atoms with Gasteiger partial charge in [-0.15, -0.1) is 0 Å². The summed E-state index contributed by atoms with van der Waals surface area (Å²) in [5.41, 5.74) is 1.54. The molecule has 1 N–H and O–H groups in total. The van der Waals surface area contributed by atoms with Crippen molar-refractivity contribution in [1.29, 1.82) is 0 Å². The number of hydrogen-bond donors (Lipinski definition) is 1. The minimum atomic E-state index is -0.409. The van der Waals surface area contributed by atoms with Crippen LogP contribution in [0.2, 0.25) is 0 Å². The van der Waals surface area contributed by atoms with E-state index in [-0.39, 0.29) is 5.82 Å². The number of halogens is 2. The van der Waals surface area contributed by atoms with E-state index in [9.17, 15) is 8.78 Å². The fourth-order valence-corrected chi connectivity index (χ4v) is 2.39. The van der Waals surface area contributed by atoms with Crippen LogP contribution in [0.4, 0.5) is 8.78 Å². The van der Waals surface area contributed by atoms with Gasteiger partial charge in [-0.25, -0.2) is 8.78 Å². The van der Waals surface area contributed by atoms with Gasteiger partial charge in [0.2, 0.25) is 0 Å². The SMILES string of the molecule is CCCC(NC)c1ccn(Cc2cc(F)ccc2F)c1. The van der Waals surface area contributed by atoms with Crippen LogP contribution in [-0.2, 0) is 6.54 Å². The lowest BCUT2D eigenvalue weighted by Crippen LogP contribution is -2.15. The fourth-order valence-electron chi connectivity index (χ4n) is 2.39. The van der Waals surface area contributed by atoms with Crippen LogP contribution in [0.25, 0.3) is 0 Å². The van der Waals surface area contributed by atoms with Gasteiger partial charge in [0.15, 0.2) is 0 Å². The molecule has 108 valence electrons. The summed E-state index contributed by atoms with van der Waals surface area (Å²) in [6.45, 7) is 2.48. The predicted octanol–water partition coefficient (Wildman–Crippen LogP) is 3.88. The van der Waals surface area contributed by atoms with Crippen LogP contribution in [0.3, 0.4) is 0 Å². The molecule has 0 radical (unpaired) electrons. The van der Waals surface area contributed by atoms with Gasteiger partial charge in [-0.2, -0.15) is 0 Å². The third kappa shape index (κ3) is 3.45. The molecule has 0 bridgehead atoms. The van der Waals surface area contributed by atoms with Gasteiger partial charge >= 0.3 is 0 Å². The smallest absolute Gasteiger partial charge is 0.128 e. The lowest BCUT2D eigenvalue weighted by atomic mass is 10.1. The lowest BCUT2D eigenvalue weighted by Gasteiger charge is -2.13. The molecular formula is C16H20F2N2. The first kappa shape index (κ1) is 14.7. The molecule has 20 heavy (non-hydrogen) atoms. The summed E-state index contributed by atoms with van der Waals surface area (Å²) < 4.78 is 28.6. The van der Waals surface area contributed by atoms with Crippen LogP contribution in [0, 0.1) is 11.6 Å². The second kappa shape index (κ2) is 6.66. The Labute approximate surface area is 118 Å². The molecule has 2 nitrogen and oxygen atoms in total. The van der Waals surface area contributed by atoms with Gasteiger partial charge in [0.25, 0.3) is 0 Å². The molecule has 0 aliphatic rings. The molecular weight excluding hydrogens is 258 g/mol. The number of aromatic nitrogens is 1. The Balaban J connectivity index is 2.14. The van der Waals surface area contributed by atoms with E-state index in [1.54, 1.807) is 0 Å². The molecule has 1 atom stereocenters. The molecule has 0 saturated heterocycles. The average molecular weight is 278 g/mol. The average Bonchev–Trinajstić information content (AvgIpc) is 2.88. The van der Waals surface area contributed by atoms with E-state index in [4.69, 9.17) is 0 Å². The van der Waals surface area contributed by atoms with E-state index < -0.39 is 5.82 Å². The van der Waals surface area contributed by atoms with Crippen molar-refractivity contribution in [3.05, 3.63) is 59.4 Å². The molecule has 1 aromatic heterocycles. The normalized spacial score (nSPS) is 12.6. The predicted molar refractivity (Wildman–Crippen MR) is 76.6 cm³/mol. The van der Waals surface area contributed by atoms with E-state index in [1.165, 1.54) is 17.7 Å². The van der Waals surface area contributed by atoms with Crippen LogP contribution in [0.1, 0.15) is 36.9 Å². The zero-order chi connectivity index (χ0) is 14.5. The highest BCUT2D eigenvalue weighted by atomic mass is 19.1. The first-order chi connectivity index (χ1) is 9.63. The van der Waals surface area contributed by atoms with E-state index in [0.717, 1.165) is 18.9 Å². The van der Waals surface area contributed by atoms with E-state index in [0.29, 0.717) is 18.2 Å². The van der Waals surface area contributed by atoms with Crippen LogP contribution < -0.4 is 5.32 Å². The van der Waals surface area contributed by atoms with Gasteiger partial charge < -0.3 is 9.88 Å². The van der Waals surface area contributed by atoms with Crippen molar-refractivity contribution < 1.29 is 8.78 Å². The van der Waals surface area contributed by atoms with E-state index in [2.05, 4.69) is 12.2 Å². The first-order valence-electron chi connectivity index (χ1n) is 6.91. The molecule has 0 aliphatic carbocycles. The van der Waals surface area contributed by atoms with Crippen LogP contribution in [0.5, 0.6) is 0 Å². The number of nitrogens with zero attached hydrogens (tertiary/aromatic N) is 1. The third-order valence-electron chi connectivity index (χ3n) is 3.46. The molecule has 1 unspecified atom stereocenters. The van der Waals surface area contributed by atoms with Crippen molar-refractivity contribution in [2.45, 2.75) is 32.4 Å². The quantitative estimate of drug-likeness (QED) is 0.848. The van der Waals surface area contributed by atoms with Crippen LogP contribution >= 0.6 is 0 Å². The standard InChI is InChI=1S/C16H20F2N2/c1-3-4-16(19-2)12-7-8-20(10-12)11-13-9-14(17)5-6-15(13)18/h5-10,16,19H,3-4,11H2,1-2H3. The third-order valence-corrected chi connectivity index (χ3v) is 3.46. The Morgan fingerprint density at radius 1 is 1.25 bits per heavy atom. The van der Waals surface area contributed by atoms with E-state index in [1.807, 2.05) is 30.1 Å². The number of rotatable bonds is 6. The minimum absolute atomic E-state index is 0.304. The Hall–Kier alpha value is -1.68. The zero-order valence-corrected chi connectivity index (χ0v) is 11.9. The Morgan fingerprint density at radius 3 is 2.75 bits per heavy atom. The van der Waals surface area contributed by atoms with Gasteiger partial charge in [-0.3, -0.25) is 0 Å². The second-order valence-corrected chi connectivity index (χ2v) is 4.98. The summed E-state index contributed by atoms with van der Waals surface area (Å²) in [6.07, 6.45) is 6.03. The van der Waals surface area contributed by atoms with Gasteiger partial charge in [-0.05, 0) is 43.3 Å². The van der Waals surface area contributed by atoms with Crippen molar-refractivity contribution in [3.8, 4) is 0 Å². The lowest BCUT2D eigenvalue weighted by molar-refractivity contribution is 0.540. The summed E-state index contributed by atoms with van der Waals surface area (Å²) >= 11 is 0. The molecule has 0 aliphatic heterocycles. The summed E-state index contributed by atoms with van der Waals surface area (Å²) in [4.78, 5) is 0. The molecule has 2 rings (SSSR count). The maximum absolute atomic E-state index is 13.6. The maximum atomic E-state index is 13.6. The van der Waals surface area contributed by atoms with Gasteiger partial charge in [-0.1, -0.05) is 13.3 Å². The molecule has 0 fully saturated rings. The van der Waals surface area contributed by atoms with Gasteiger partial charge in [0.1, 0.15) is 11.6 Å². The molecule has 4 heteroatoms. The molecule has 1 heterocycles. The topological polar surface area (TPSA) is 17.0 Å². The molecule has 2 aromatic rings. The van der Waals surface area contributed by atoms with Crippen molar-refractivity contribution >= 4 is 0 Å². The number of hydrogen-bond acceptors (Lipinski definition) is 1. The highest BCUT2D eigenvalue weighted by Crippen LogP contribution is 2.19. The van der Waals surface area contributed by atoms with Crippen molar-refractivity contribution in [3.63, 3.8) is 0 Å². The molecule has 0 spiro atoms. The summed E-state index contributed by atoms with van der Waals surface area (Å²) in [7, 11) is 1.93. The Bertz CT molecular complexity index is 563. The highest BCUT2D eigenvalue weighted by molar-refractivity contribution is 5.21.